The van der Waals surface area contributed by atoms with Crippen LogP contribution in [0.1, 0.15) is 17.3 Å². The van der Waals surface area contributed by atoms with Gasteiger partial charge in [-0.05, 0) is 61.6 Å². The second kappa shape index (κ2) is 6.59. The van der Waals surface area contributed by atoms with Crippen LogP contribution in [0.25, 0.3) is 10.9 Å². The number of halogens is 1. The third kappa shape index (κ3) is 3.11. The molecular formula is C17H14ClN3O2S. The number of aromatic amines is 1. The van der Waals surface area contributed by atoms with Gasteiger partial charge >= 0.3 is 0 Å². The lowest BCUT2D eigenvalue weighted by Gasteiger charge is -2.08. The van der Waals surface area contributed by atoms with Crippen molar-refractivity contribution in [1.82, 2.24) is 9.55 Å². The van der Waals surface area contributed by atoms with Crippen molar-refractivity contribution >= 4 is 46.3 Å². The number of hydrogen-bond donors (Lipinski definition) is 2. The van der Waals surface area contributed by atoms with Gasteiger partial charge in [0.05, 0.1) is 10.9 Å². The van der Waals surface area contributed by atoms with Crippen molar-refractivity contribution in [2.24, 2.45) is 0 Å². The lowest BCUT2D eigenvalue weighted by Crippen LogP contribution is -2.21. The highest BCUT2D eigenvalue weighted by atomic mass is 35.5. The summed E-state index contributed by atoms with van der Waals surface area (Å²) in [6.07, 6.45) is 0. The van der Waals surface area contributed by atoms with Crippen LogP contribution in [0.5, 0.6) is 0 Å². The van der Waals surface area contributed by atoms with E-state index < -0.39 is 0 Å². The SMILES string of the molecule is CCn1c(=S)[nH]c2cc(C(=O)Nc3ccc(Cl)cc3)ccc2c1=O. The summed E-state index contributed by atoms with van der Waals surface area (Å²) in [6, 6.07) is 11.7. The predicted molar refractivity (Wildman–Crippen MR) is 98.5 cm³/mol. The van der Waals surface area contributed by atoms with Crippen LogP contribution in [-0.4, -0.2) is 15.5 Å². The summed E-state index contributed by atoms with van der Waals surface area (Å²) < 4.78 is 1.82. The predicted octanol–water partition coefficient (Wildman–Crippen LogP) is 3.98. The molecule has 0 spiro atoms. The van der Waals surface area contributed by atoms with E-state index in [9.17, 15) is 9.59 Å². The Balaban J connectivity index is 1.98. The normalized spacial score (nSPS) is 10.8. The van der Waals surface area contributed by atoms with Gasteiger partial charge < -0.3 is 10.3 Å². The monoisotopic (exact) mass is 359 g/mol. The molecule has 3 aromatic rings. The van der Waals surface area contributed by atoms with Crippen LogP contribution in [0.2, 0.25) is 5.02 Å². The van der Waals surface area contributed by atoms with Crippen LogP contribution in [0.4, 0.5) is 5.69 Å². The van der Waals surface area contributed by atoms with Crippen molar-refractivity contribution in [2.45, 2.75) is 13.5 Å². The number of rotatable bonds is 3. The van der Waals surface area contributed by atoms with E-state index in [-0.39, 0.29) is 11.5 Å². The second-order valence-electron chi connectivity index (χ2n) is 5.20. The fourth-order valence-electron chi connectivity index (χ4n) is 2.42. The molecule has 0 radical (unpaired) electrons. The van der Waals surface area contributed by atoms with E-state index in [1.807, 2.05) is 6.92 Å². The minimum absolute atomic E-state index is 0.166. The number of amides is 1. The molecule has 2 aromatic carbocycles. The van der Waals surface area contributed by atoms with E-state index in [0.29, 0.717) is 38.5 Å². The molecular weight excluding hydrogens is 346 g/mol. The summed E-state index contributed by atoms with van der Waals surface area (Å²) in [6.45, 7) is 2.34. The largest absolute Gasteiger partial charge is 0.332 e. The highest BCUT2D eigenvalue weighted by Crippen LogP contribution is 2.16. The molecule has 122 valence electrons. The van der Waals surface area contributed by atoms with Gasteiger partial charge in [-0.3, -0.25) is 14.2 Å². The average molecular weight is 360 g/mol. The molecule has 1 amide bonds. The summed E-state index contributed by atoms with van der Waals surface area (Å²) in [5.41, 5.74) is 1.44. The van der Waals surface area contributed by atoms with Crippen LogP contribution < -0.4 is 10.9 Å². The first-order valence-electron chi connectivity index (χ1n) is 7.33. The molecule has 2 N–H and O–H groups in total. The van der Waals surface area contributed by atoms with E-state index in [4.69, 9.17) is 23.8 Å². The summed E-state index contributed by atoms with van der Waals surface area (Å²) >= 11 is 11.0. The summed E-state index contributed by atoms with van der Waals surface area (Å²) in [7, 11) is 0. The molecule has 24 heavy (non-hydrogen) atoms. The second-order valence-corrected chi connectivity index (χ2v) is 6.02. The van der Waals surface area contributed by atoms with E-state index in [1.165, 1.54) is 4.57 Å². The van der Waals surface area contributed by atoms with Gasteiger partial charge in [0.1, 0.15) is 0 Å². The first-order valence-corrected chi connectivity index (χ1v) is 8.12. The maximum Gasteiger partial charge on any atom is 0.262 e. The number of hydrogen-bond acceptors (Lipinski definition) is 3. The zero-order valence-corrected chi connectivity index (χ0v) is 14.4. The molecule has 0 unspecified atom stereocenters. The van der Waals surface area contributed by atoms with Crippen LogP contribution in [0, 0.1) is 4.77 Å². The van der Waals surface area contributed by atoms with E-state index in [1.54, 1.807) is 42.5 Å². The van der Waals surface area contributed by atoms with Crippen LogP contribution in [-0.2, 0) is 6.54 Å². The Morgan fingerprint density at radius 1 is 1.25 bits per heavy atom. The molecule has 0 saturated heterocycles. The van der Waals surface area contributed by atoms with Crippen molar-refractivity contribution in [3.63, 3.8) is 0 Å². The Kier molecular flexibility index (Phi) is 4.51. The maximum absolute atomic E-state index is 12.4. The first kappa shape index (κ1) is 16.4. The number of carbonyl (C=O) groups excluding carboxylic acids is 1. The third-order valence-corrected chi connectivity index (χ3v) is 4.24. The molecule has 5 nitrogen and oxygen atoms in total. The maximum atomic E-state index is 12.4. The van der Waals surface area contributed by atoms with Crippen molar-refractivity contribution in [1.29, 1.82) is 0 Å². The van der Waals surface area contributed by atoms with E-state index in [2.05, 4.69) is 10.3 Å². The Bertz CT molecular complexity index is 1040. The highest BCUT2D eigenvalue weighted by Gasteiger charge is 2.10. The fraction of sp³-hybridized carbons (Fsp3) is 0.118. The van der Waals surface area contributed by atoms with Crippen molar-refractivity contribution in [3.8, 4) is 0 Å². The molecule has 3 rings (SSSR count). The van der Waals surface area contributed by atoms with Crippen LogP contribution in [0.3, 0.4) is 0 Å². The molecule has 0 aliphatic carbocycles. The van der Waals surface area contributed by atoms with Gasteiger partial charge in [0.2, 0.25) is 0 Å². The molecule has 7 heteroatoms. The van der Waals surface area contributed by atoms with Gasteiger partial charge in [-0.2, -0.15) is 0 Å². The Labute approximate surface area is 147 Å². The number of carbonyl (C=O) groups is 1. The Morgan fingerprint density at radius 3 is 2.62 bits per heavy atom. The van der Waals surface area contributed by atoms with Gasteiger partial charge in [0.15, 0.2) is 4.77 Å². The highest BCUT2D eigenvalue weighted by molar-refractivity contribution is 7.71. The number of nitrogens with zero attached hydrogens (tertiary/aromatic N) is 1. The molecule has 0 bridgehead atoms. The van der Waals surface area contributed by atoms with Gasteiger partial charge in [-0.1, -0.05) is 11.6 Å². The minimum Gasteiger partial charge on any atom is -0.332 e. The molecule has 0 atom stereocenters. The zero-order valence-electron chi connectivity index (χ0n) is 12.8. The average Bonchev–Trinajstić information content (AvgIpc) is 2.56. The molecule has 1 heterocycles. The number of nitrogens with one attached hydrogen (secondary N) is 2. The summed E-state index contributed by atoms with van der Waals surface area (Å²) in [5, 5.41) is 3.87. The topological polar surface area (TPSA) is 66.9 Å². The van der Waals surface area contributed by atoms with Crippen LogP contribution >= 0.6 is 23.8 Å². The smallest absolute Gasteiger partial charge is 0.262 e. The Hall–Kier alpha value is -2.44. The lowest BCUT2D eigenvalue weighted by atomic mass is 10.1. The van der Waals surface area contributed by atoms with E-state index >= 15 is 0 Å². The quantitative estimate of drug-likeness (QED) is 0.695. The number of fused-ring (bicyclic) bond motifs is 1. The third-order valence-electron chi connectivity index (χ3n) is 3.66. The summed E-state index contributed by atoms with van der Waals surface area (Å²) in [5.74, 6) is -0.279. The molecule has 0 aliphatic rings. The van der Waals surface area contributed by atoms with Gasteiger partial charge in [-0.25, -0.2) is 0 Å². The fourth-order valence-corrected chi connectivity index (χ4v) is 2.87. The van der Waals surface area contributed by atoms with Gasteiger partial charge in [0, 0.05) is 22.8 Å². The number of benzene rings is 2. The standard InChI is InChI=1S/C17H14ClN3O2S/c1-2-21-16(23)13-8-3-10(9-14(13)20-17(21)24)15(22)19-12-6-4-11(18)5-7-12/h3-9H,2H2,1H3,(H,19,22)(H,20,24). The minimum atomic E-state index is -0.279. The number of H-pyrrole nitrogens is 1. The summed E-state index contributed by atoms with van der Waals surface area (Å²) in [4.78, 5) is 27.7. The zero-order chi connectivity index (χ0) is 17.3. The molecule has 0 fully saturated rings. The number of aromatic nitrogens is 2. The molecule has 1 aromatic heterocycles. The van der Waals surface area contributed by atoms with Crippen molar-refractivity contribution in [3.05, 3.63) is 68.2 Å². The molecule has 0 saturated carbocycles. The van der Waals surface area contributed by atoms with E-state index in [0.717, 1.165) is 0 Å². The van der Waals surface area contributed by atoms with Crippen molar-refractivity contribution < 1.29 is 4.79 Å². The molecule has 0 aliphatic heterocycles. The first-order chi connectivity index (χ1) is 11.5. The van der Waals surface area contributed by atoms with Gasteiger partial charge in [0.25, 0.3) is 11.5 Å². The Morgan fingerprint density at radius 2 is 1.96 bits per heavy atom. The van der Waals surface area contributed by atoms with Crippen molar-refractivity contribution in [2.75, 3.05) is 5.32 Å². The van der Waals surface area contributed by atoms with Gasteiger partial charge in [-0.15, -0.1) is 0 Å². The lowest BCUT2D eigenvalue weighted by molar-refractivity contribution is 0.102. The number of anilines is 1. The van der Waals surface area contributed by atoms with Crippen LogP contribution in [0.15, 0.2) is 47.3 Å².